The van der Waals surface area contributed by atoms with Crippen LogP contribution in [0.1, 0.15) is 17.0 Å². The van der Waals surface area contributed by atoms with Gasteiger partial charge in [-0.05, 0) is 35.4 Å². The average Bonchev–Trinajstić information content (AvgIpc) is 3.12. The molecule has 0 fully saturated rings. The van der Waals surface area contributed by atoms with E-state index in [1.807, 2.05) is 0 Å². The highest BCUT2D eigenvalue weighted by Gasteiger charge is 2.44. The molecule has 0 saturated carbocycles. The van der Waals surface area contributed by atoms with E-state index in [-0.39, 0.29) is 16.5 Å². The number of aromatic amines is 2. The Morgan fingerprint density at radius 1 is 0.792 bits per heavy atom. The summed E-state index contributed by atoms with van der Waals surface area (Å²) >= 11 is 0. The maximum Gasteiger partial charge on any atom is 0.399 e. The van der Waals surface area contributed by atoms with Crippen molar-refractivity contribution in [2.75, 3.05) is 0 Å². The van der Waals surface area contributed by atoms with Gasteiger partial charge < -0.3 is 9.97 Å². The molecule has 2 aromatic carbocycles. The summed E-state index contributed by atoms with van der Waals surface area (Å²) < 4.78 is 55.2. The second-order valence-corrected chi connectivity index (χ2v) is 5.70. The molecule has 0 saturated heterocycles. The Labute approximate surface area is 134 Å². The number of nitrogens with one attached hydrogen (secondary N) is 2. The van der Waals surface area contributed by atoms with E-state index >= 15 is 0 Å². The van der Waals surface area contributed by atoms with Crippen molar-refractivity contribution >= 4 is 21.8 Å². The highest BCUT2D eigenvalue weighted by atomic mass is 19.4. The van der Waals surface area contributed by atoms with Gasteiger partial charge in [0, 0.05) is 34.2 Å². The summed E-state index contributed by atoms with van der Waals surface area (Å²) in [7, 11) is 0. The monoisotopic (exact) mass is 332 g/mol. The van der Waals surface area contributed by atoms with E-state index in [1.165, 1.54) is 24.5 Å². The van der Waals surface area contributed by atoms with Gasteiger partial charge in [0.2, 0.25) is 0 Å². The van der Waals surface area contributed by atoms with Crippen molar-refractivity contribution in [3.8, 4) is 0 Å². The third-order valence-corrected chi connectivity index (χ3v) is 4.25. The van der Waals surface area contributed by atoms with Crippen LogP contribution in [0.15, 0.2) is 54.9 Å². The number of alkyl halides is 3. The number of hydrogen-bond acceptors (Lipinski definition) is 0. The lowest BCUT2D eigenvalue weighted by Gasteiger charge is -2.20. The molecule has 0 aliphatic rings. The molecule has 0 radical (unpaired) electrons. The quantitative estimate of drug-likeness (QED) is 0.455. The first-order valence-corrected chi connectivity index (χ1v) is 7.34. The predicted octanol–water partition coefficient (Wildman–Crippen LogP) is 5.48. The molecule has 4 aromatic rings. The number of fused-ring (bicyclic) bond motifs is 2. The first-order valence-electron chi connectivity index (χ1n) is 7.34. The number of benzene rings is 2. The first kappa shape index (κ1) is 14.8. The van der Waals surface area contributed by atoms with E-state index < -0.39 is 17.9 Å². The molecular formula is C18H12F4N2. The lowest BCUT2D eigenvalue weighted by Crippen LogP contribution is -2.21. The van der Waals surface area contributed by atoms with Crippen molar-refractivity contribution < 1.29 is 17.6 Å². The van der Waals surface area contributed by atoms with Gasteiger partial charge in [0.25, 0.3) is 0 Å². The van der Waals surface area contributed by atoms with Gasteiger partial charge in [0.1, 0.15) is 11.7 Å². The van der Waals surface area contributed by atoms with E-state index in [9.17, 15) is 17.6 Å². The van der Waals surface area contributed by atoms with Crippen LogP contribution in [0.5, 0.6) is 0 Å². The van der Waals surface area contributed by atoms with E-state index in [4.69, 9.17) is 0 Å². The molecule has 2 aromatic heterocycles. The SMILES string of the molecule is Fc1ccc2[nH]cc(C(c3c[nH]c4ccccc34)C(F)(F)F)c2c1. The first-order chi connectivity index (χ1) is 11.4. The van der Waals surface area contributed by atoms with E-state index in [0.717, 1.165) is 6.07 Å². The maximum atomic E-state index is 13.9. The van der Waals surface area contributed by atoms with Crippen molar-refractivity contribution in [1.29, 1.82) is 0 Å². The van der Waals surface area contributed by atoms with Crippen LogP contribution in [0, 0.1) is 5.82 Å². The molecule has 0 spiro atoms. The molecule has 0 bridgehead atoms. The Kier molecular flexibility index (Phi) is 3.16. The fourth-order valence-corrected chi connectivity index (χ4v) is 3.21. The van der Waals surface area contributed by atoms with Crippen molar-refractivity contribution in [2.24, 2.45) is 0 Å². The molecule has 0 aliphatic carbocycles. The predicted molar refractivity (Wildman–Crippen MR) is 84.5 cm³/mol. The summed E-state index contributed by atoms with van der Waals surface area (Å²) in [5.41, 5.74) is 1.25. The fraction of sp³-hybridized carbons (Fsp3) is 0.111. The van der Waals surface area contributed by atoms with Crippen molar-refractivity contribution in [1.82, 2.24) is 9.97 Å². The lowest BCUT2D eigenvalue weighted by molar-refractivity contribution is -0.140. The van der Waals surface area contributed by atoms with E-state index in [1.54, 1.807) is 24.3 Å². The van der Waals surface area contributed by atoms with Crippen LogP contribution in [0.3, 0.4) is 0 Å². The average molecular weight is 332 g/mol. The molecule has 1 atom stereocenters. The smallest absolute Gasteiger partial charge is 0.361 e. The molecule has 4 rings (SSSR count). The summed E-state index contributed by atoms with van der Waals surface area (Å²) in [6.45, 7) is 0. The Morgan fingerprint density at radius 3 is 2.12 bits per heavy atom. The summed E-state index contributed by atoms with van der Waals surface area (Å²) in [6.07, 6.45) is -1.82. The zero-order valence-corrected chi connectivity index (χ0v) is 12.3. The van der Waals surface area contributed by atoms with Gasteiger partial charge in [0.05, 0.1) is 0 Å². The number of aromatic nitrogens is 2. The van der Waals surface area contributed by atoms with Crippen LogP contribution >= 0.6 is 0 Å². The molecule has 122 valence electrons. The largest absolute Gasteiger partial charge is 0.399 e. The number of halogens is 4. The van der Waals surface area contributed by atoms with Crippen molar-refractivity contribution in [3.05, 3.63) is 71.8 Å². The van der Waals surface area contributed by atoms with Crippen LogP contribution in [-0.2, 0) is 0 Å². The van der Waals surface area contributed by atoms with Crippen molar-refractivity contribution in [2.45, 2.75) is 12.1 Å². The van der Waals surface area contributed by atoms with Crippen LogP contribution in [-0.4, -0.2) is 16.1 Å². The van der Waals surface area contributed by atoms with Crippen LogP contribution in [0.25, 0.3) is 21.8 Å². The summed E-state index contributed by atoms with van der Waals surface area (Å²) in [6, 6.07) is 10.6. The molecule has 24 heavy (non-hydrogen) atoms. The summed E-state index contributed by atoms with van der Waals surface area (Å²) in [5, 5.41) is 0.744. The molecular weight excluding hydrogens is 320 g/mol. The van der Waals surface area contributed by atoms with E-state index in [2.05, 4.69) is 9.97 Å². The molecule has 0 aliphatic heterocycles. The highest BCUT2D eigenvalue weighted by Crippen LogP contribution is 2.44. The number of para-hydroxylation sites is 1. The topological polar surface area (TPSA) is 31.6 Å². The second kappa shape index (κ2) is 5.12. The molecule has 0 amide bonds. The number of H-pyrrole nitrogens is 2. The maximum absolute atomic E-state index is 13.9. The Morgan fingerprint density at radius 2 is 1.42 bits per heavy atom. The molecule has 6 heteroatoms. The van der Waals surface area contributed by atoms with Gasteiger partial charge in [-0.15, -0.1) is 0 Å². The standard InChI is InChI=1S/C18H12F4N2/c19-10-5-6-16-12(7-10)14(9-24-16)17(18(20,21)22)13-8-23-15-4-2-1-3-11(13)15/h1-9,17,23-24H. The minimum Gasteiger partial charge on any atom is -0.361 e. The minimum absolute atomic E-state index is 0.0155. The van der Waals surface area contributed by atoms with Gasteiger partial charge in [0.15, 0.2) is 0 Å². The zero-order chi connectivity index (χ0) is 16.9. The van der Waals surface area contributed by atoms with Crippen LogP contribution < -0.4 is 0 Å². The van der Waals surface area contributed by atoms with Gasteiger partial charge in [-0.25, -0.2) is 4.39 Å². The Balaban J connectivity index is 1.99. The van der Waals surface area contributed by atoms with Gasteiger partial charge in [-0.1, -0.05) is 18.2 Å². The molecule has 2 N–H and O–H groups in total. The fourth-order valence-electron chi connectivity index (χ4n) is 3.21. The Hall–Kier alpha value is -2.76. The minimum atomic E-state index is -4.51. The van der Waals surface area contributed by atoms with Crippen LogP contribution in [0.4, 0.5) is 17.6 Å². The Bertz CT molecular complexity index is 1030. The number of hydrogen-bond donors (Lipinski definition) is 2. The molecule has 2 heterocycles. The van der Waals surface area contributed by atoms with Gasteiger partial charge in [-0.2, -0.15) is 13.2 Å². The molecule has 2 nitrogen and oxygen atoms in total. The third-order valence-electron chi connectivity index (χ3n) is 4.25. The van der Waals surface area contributed by atoms with Crippen molar-refractivity contribution in [3.63, 3.8) is 0 Å². The highest BCUT2D eigenvalue weighted by molar-refractivity contribution is 5.88. The zero-order valence-electron chi connectivity index (χ0n) is 12.3. The summed E-state index contributed by atoms with van der Waals surface area (Å²) in [5.74, 6) is -2.41. The number of rotatable bonds is 2. The second-order valence-electron chi connectivity index (χ2n) is 5.70. The third kappa shape index (κ3) is 2.26. The summed E-state index contributed by atoms with van der Waals surface area (Å²) in [4.78, 5) is 5.68. The van der Waals surface area contributed by atoms with Gasteiger partial charge in [-0.3, -0.25) is 0 Å². The van der Waals surface area contributed by atoms with Gasteiger partial charge >= 0.3 is 6.18 Å². The molecule has 1 unspecified atom stereocenters. The lowest BCUT2D eigenvalue weighted by atomic mass is 9.90. The van der Waals surface area contributed by atoms with Crippen LogP contribution in [0.2, 0.25) is 0 Å². The normalized spacial score (nSPS) is 13.7. The van der Waals surface area contributed by atoms with E-state index in [0.29, 0.717) is 16.4 Å².